The zero-order chi connectivity index (χ0) is 14.1. The second kappa shape index (κ2) is 5.70. The second-order valence-electron chi connectivity index (χ2n) is 5.30. The van der Waals surface area contributed by atoms with E-state index in [2.05, 4.69) is 58.2 Å². The number of benzene rings is 1. The van der Waals surface area contributed by atoms with Crippen LogP contribution in [0.4, 0.5) is 5.69 Å². The summed E-state index contributed by atoms with van der Waals surface area (Å²) in [6.45, 7) is 8.46. The molecule has 0 saturated carbocycles. The van der Waals surface area contributed by atoms with E-state index in [0.29, 0.717) is 0 Å². The molecule has 1 fully saturated rings. The molecule has 0 radical (unpaired) electrons. The Hall–Kier alpha value is -1.13. The molecule has 0 aliphatic carbocycles. The van der Waals surface area contributed by atoms with Gasteiger partial charge in [-0.25, -0.2) is 0 Å². The number of nitrogens with zero attached hydrogens (tertiary/aromatic N) is 2. The monoisotopic (exact) mass is 333 g/mol. The molecule has 2 heterocycles. The molecule has 20 heavy (non-hydrogen) atoms. The highest BCUT2D eigenvalue weighted by atomic mass is 79.9. The fourth-order valence-electron chi connectivity index (χ4n) is 2.81. The number of pyridine rings is 1. The van der Waals surface area contributed by atoms with Gasteiger partial charge in [0.25, 0.3) is 0 Å². The number of halogens is 1. The van der Waals surface area contributed by atoms with Crippen LogP contribution in [0.1, 0.15) is 18.2 Å². The van der Waals surface area contributed by atoms with E-state index in [9.17, 15) is 0 Å². The molecule has 0 unspecified atom stereocenters. The van der Waals surface area contributed by atoms with Gasteiger partial charge >= 0.3 is 0 Å². The van der Waals surface area contributed by atoms with Crippen LogP contribution >= 0.6 is 15.9 Å². The maximum absolute atomic E-state index is 4.72. The highest BCUT2D eigenvalue weighted by molar-refractivity contribution is 9.10. The van der Waals surface area contributed by atoms with Crippen LogP contribution in [0.25, 0.3) is 10.9 Å². The van der Waals surface area contributed by atoms with Crippen molar-refractivity contribution in [2.45, 2.75) is 20.3 Å². The van der Waals surface area contributed by atoms with Gasteiger partial charge in [-0.2, -0.15) is 0 Å². The Morgan fingerprint density at radius 3 is 2.75 bits per heavy atom. The minimum Gasteiger partial charge on any atom is -0.367 e. The van der Waals surface area contributed by atoms with Crippen LogP contribution in [-0.2, 0) is 6.42 Å². The minimum absolute atomic E-state index is 1.04. The minimum atomic E-state index is 1.04. The lowest BCUT2D eigenvalue weighted by molar-refractivity contribution is 0.589. The van der Waals surface area contributed by atoms with Gasteiger partial charge in [0.15, 0.2) is 0 Å². The lowest BCUT2D eigenvalue weighted by atomic mass is 10.1. The number of aryl methyl sites for hydroxylation is 2. The van der Waals surface area contributed by atoms with E-state index in [-0.39, 0.29) is 0 Å². The molecule has 106 valence electrons. The van der Waals surface area contributed by atoms with E-state index in [1.165, 1.54) is 16.6 Å². The Morgan fingerprint density at radius 2 is 2.05 bits per heavy atom. The summed E-state index contributed by atoms with van der Waals surface area (Å²) in [7, 11) is 0. The van der Waals surface area contributed by atoms with E-state index in [1.54, 1.807) is 0 Å². The molecule has 2 aromatic rings. The van der Waals surface area contributed by atoms with Crippen LogP contribution in [0.5, 0.6) is 0 Å². The summed E-state index contributed by atoms with van der Waals surface area (Å²) in [4.78, 5) is 7.19. The van der Waals surface area contributed by atoms with E-state index >= 15 is 0 Å². The summed E-state index contributed by atoms with van der Waals surface area (Å²) < 4.78 is 1.14. The molecule has 0 bridgehead atoms. The third-order valence-electron chi connectivity index (χ3n) is 3.97. The van der Waals surface area contributed by atoms with Gasteiger partial charge in [-0.3, -0.25) is 4.98 Å². The molecule has 1 N–H and O–H groups in total. The number of nitrogens with one attached hydrogen (secondary N) is 1. The molecule has 1 aromatic carbocycles. The molecular formula is C16H20BrN3. The van der Waals surface area contributed by atoms with Crippen molar-refractivity contribution >= 4 is 32.5 Å². The Kier molecular flexibility index (Phi) is 3.94. The average Bonchev–Trinajstić information content (AvgIpc) is 2.49. The number of piperazine rings is 1. The van der Waals surface area contributed by atoms with Crippen LogP contribution in [0, 0.1) is 6.92 Å². The maximum atomic E-state index is 4.72. The predicted molar refractivity (Wildman–Crippen MR) is 88.6 cm³/mol. The van der Waals surface area contributed by atoms with Gasteiger partial charge in [0.05, 0.1) is 21.4 Å². The highest BCUT2D eigenvalue weighted by Gasteiger charge is 2.18. The van der Waals surface area contributed by atoms with Crippen LogP contribution in [0.3, 0.4) is 0 Å². The third kappa shape index (κ3) is 2.42. The fraction of sp³-hybridized carbons (Fsp3) is 0.438. The molecule has 1 aliphatic heterocycles. The summed E-state index contributed by atoms with van der Waals surface area (Å²) in [5.74, 6) is 0. The molecule has 3 nitrogen and oxygen atoms in total. The molecule has 0 spiro atoms. The fourth-order valence-corrected chi connectivity index (χ4v) is 3.36. The first-order valence-electron chi connectivity index (χ1n) is 7.25. The lowest BCUT2D eigenvalue weighted by Crippen LogP contribution is -2.43. The van der Waals surface area contributed by atoms with Gasteiger partial charge in [0.1, 0.15) is 0 Å². The Bertz CT molecular complexity index is 633. The van der Waals surface area contributed by atoms with E-state index in [4.69, 9.17) is 4.98 Å². The second-order valence-corrected chi connectivity index (χ2v) is 6.09. The lowest BCUT2D eigenvalue weighted by Gasteiger charge is -2.31. The number of aromatic nitrogens is 1. The van der Waals surface area contributed by atoms with Crippen LogP contribution in [-0.4, -0.2) is 31.2 Å². The summed E-state index contributed by atoms with van der Waals surface area (Å²) in [6, 6.07) is 6.63. The number of fused-ring (bicyclic) bond motifs is 1. The van der Waals surface area contributed by atoms with Crippen molar-refractivity contribution in [3.8, 4) is 0 Å². The Labute approximate surface area is 128 Å². The van der Waals surface area contributed by atoms with Crippen molar-refractivity contribution in [1.82, 2.24) is 10.3 Å². The average molecular weight is 334 g/mol. The van der Waals surface area contributed by atoms with E-state index in [1.807, 2.05) is 0 Å². The maximum Gasteiger partial charge on any atom is 0.0727 e. The molecule has 0 atom stereocenters. The largest absolute Gasteiger partial charge is 0.367 e. The van der Waals surface area contributed by atoms with Crippen molar-refractivity contribution in [3.63, 3.8) is 0 Å². The smallest absolute Gasteiger partial charge is 0.0727 e. The van der Waals surface area contributed by atoms with Gasteiger partial charge in [-0.05, 0) is 47.0 Å². The number of hydrogen-bond donors (Lipinski definition) is 1. The summed E-state index contributed by atoms with van der Waals surface area (Å²) >= 11 is 3.76. The number of hydrogen-bond acceptors (Lipinski definition) is 3. The molecule has 1 saturated heterocycles. The van der Waals surface area contributed by atoms with Gasteiger partial charge in [-0.15, -0.1) is 0 Å². The van der Waals surface area contributed by atoms with Crippen LogP contribution in [0.2, 0.25) is 0 Å². The van der Waals surface area contributed by atoms with Crippen molar-refractivity contribution in [3.05, 3.63) is 33.9 Å². The highest BCUT2D eigenvalue weighted by Crippen LogP contribution is 2.36. The zero-order valence-electron chi connectivity index (χ0n) is 12.0. The molecule has 3 rings (SSSR count). The van der Waals surface area contributed by atoms with E-state index in [0.717, 1.165) is 48.3 Å². The Morgan fingerprint density at radius 1 is 1.30 bits per heavy atom. The van der Waals surface area contributed by atoms with Gasteiger partial charge in [0.2, 0.25) is 0 Å². The van der Waals surface area contributed by atoms with Gasteiger partial charge in [-0.1, -0.05) is 13.0 Å². The van der Waals surface area contributed by atoms with E-state index < -0.39 is 0 Å². The van der Waals surface area contributed by atoms with Crippen LogP contribution < -0.4 is 10.2 Å². The van der Waals surface area contributed by atoms with Crippen molar-refractivity contribution < 1.29 is 0 Å². The summed E-state index contributed by atoms with van der Waals surface area (Å²) in [5, 5.41) is 4.68. The Balaban J connectivity index is 2.22. The van der Waals surface area contributed by atoms with Gasteiger partial charge in [0, 0.05) is 31.6 Å². The standard InChI is InChI=1S/C16H20BrN3/c1-3-12-4-5-14-13(10-12)16(15(17)11(2)19-14)20-8-6-18-7-9-20/h4-5,10,18H,3,6-9H2,1-2H3. The number of anilines is 1. The summed E-state index contributed by atoms with van der Waals surface area (Å²) in [5.41, 5.74) is 4.84. The van der Waals surface area contributed by atoms with Crippen molar-refractivity contribution in [2.75, 3.05) is 31.1 Å². The predicted octanol–water partition coefficient (Wildman–Crippen LogP) is 3.28. The topological polar surface area (TPSA) is 28.2 Å². The molecule has 0 amide bonds. The zero-order valence-corrected chi connectivity index (χ0v) is 13.6. The van der Waals surface area contributed by atoms with Gasteiger partial charge < -0.3 is 10.2 Å². The quantitative estimate of drug-likeness (QED) is 0.914. The first-order chi connectivity index (χ1) is 9.70. The van der Waals surface area contributed by atoms with Crippen LogP contribution in [0.15, 0.2) is 22.7 Å². The van der Waals surface area contributed by atoms with Crippen molar-refractivity contribution in [1.29, 1.82) is 0 Å². The molecule has 1 aliphatic rings. The molecule has 1 aromatic heterocycles. The third-order valence-corrected chi connectivity index (χ3v) is 4.92. The summed E-state index contributed by atoms with van der Waals surface area (Å²) in [6.07, 6.45) is 1.06. The SMILES string of the molecule is CCc1ccc2nc(C)c(Br)c(N3CCNCC3)c2c1. The normalized spacial score (nSPS) is 15.8. The van der Waals surface area contributed by atoms with Crippen molar-refractivity contribution in [2.24, 2.45) is 0 Å². The first-order valence-corrected chi connectivity index (χ1v) is 8.04. The molecule has 4 heteroatoms. The molecular weight excluding hydrogens is 314 g/mol. The number of rotatable bonds is 2. The first kappa shape index (κ1) is 13.8.